The molecule has 104 valence electrons. The number of aliphatic carboxylic acids is 1. The van der Waals surface area contributed by atoms with Gasteiger partial charge in [-0.25, -0.2) is 9.59 Å². The summed E-state index contributed by atoms with van der Waals surface area (Å²) in [5, 5.41) is 19.6. The van der Waals surface area contributed by atoms with E-state index in [1.807, 2.05) is 0 Å². The molecular formula is C11H20N2O5. The van der Waals surface area contributed by atoms with Crippen molar-refractivity contribution in [3.63, 3.8) is 0 Å². The van der Waals surface area contributed by atoms with Gasteiger partial charge in [0.05, 0.1) is 13.2 Å². The van der Waals surface area contributed by atoms with E-state index in [4.69, 9.17) is 14.9 Å². The first-order valence-electron chi connectivity index (χ1n) is 5.97. The van der Waals surface area contributed by atoms with Crippen LogP contribution in [-0.4, -0.2) is 66.6 Å². The molecule has 1 aliphatic rings. The molecule has 0 aliphatic heterocycles. The first kappa shape index (κ1) is 14.7. The Morgan fingerprint density at radius 1 is 1.50 bits per heavy atom. The summed E-state index contributed by atoms with van der Waals surface area (Å²) in [7, 11) is 1.55. The Morgan fingerprint density at radius 3 is 2.67 bits per heavy atom. The lowest BCUT2D eigenvalue weighted by Gasteiger charge is -2.20. The van der Waals surface area contributed by atoms with E-state index < -0.39 is 24.6 Å². The zero-order chi connectivity index (χ0) is 13.5. The summed E-state index contributed by atoms with van der Waals surface area (Å²) in [4.78, 5) is 23.5. The van der Waals surface area contributed by atoms with Crippen molar-refractivity contribution >= 4 is 12.0 Å². The number of amides is 2. The number of carbonyl (C=O) groups excluding carboxylic acids is 1. The second kappa shape index (κ2) is 7.17. The smallest absolute Gasteiger partial charge is 0.328 e. The monoisotopic (exact) mass is 260 g/mol. The molecule has 0 bridgehead atoms. The largest absolute Gasteiger partial charge is 0.480 e. The summed E-state index contributed by atoms with van der Waals surface area (Å²) in [5.74, 6) is -0.584. The highest BCUT2D eigenvalue weighted by molar-refractivity contribution is 5.82. The first-order chi connectivity index (χ1) is 8.54. The fourth-order valence-corrected chi connectivity index (χ4v) is 1.28. The Labute approximate surface area is 106 Å². The van der Waals surface area contributed by atoms with E-state index in [0.717, 1.165) is 6.61 Å². The molecule has 0 saturated heterocycles. The molecule has 1 rings (SSSR count). The molecule has 1 aliphatic carbocycles. The summed E-state index contributed by atoms with van der Waals surface area (Å²) in [5.41, 5.74) is 0. The van der Waals surface area contributed by atoms with Crippen molar-refractivity contribution in [3.8, 4) is 0 Å². The van der Waals surface area contributed by atoms with Crippen LogP contribution in [0, 0.1) is 5.92 Å². The molecule has 1 fully saturated rings. The van der Waals surface area contributed by atoms with Crippen LogP contribution in [0.3, 0.4) is 0 Å². The number of nitrogens with zero attached hydrogens (tertiary/aromatic N) is 1. The van der Waals surface area contributed by atoms with Gasteiger partial charge >= 0.3 is 12.0 Å². The highest BCUT2D eigenvalue weighted by Crippen LogP contribution is 2.28. The van der Waals surface area contributed by atoms with Gasteiger partial charge in [-0.2, -0.15) is 0 Å². The molecular weight excluding hydrogens is 240 g/mol. The van der Waals surface area contributed by atoms with Crippen LogP contribution in [0.4, 0.5) is 4.79 Å². The number of hydrogen-bond acceptors (Lipinski definition) is 4. The number of carboxylic acids is 1. The van der Waals surface area contributed by atoms with Gasteiger partial charge in [0.2, 0.25) is 0 Å². The van der Waals surface area contributed by atoms with Gasteiger partial charge in [0.15, 0.2) is 6.04 Å². The second-order valence-electron chi connectivity index (χ2n) is 4.46. The third-order valence-electron chi connectivity index (χ3n) is 2.75. The van der Waals surface area contributed by atoms with Gasteiger partial charge in [-0.15, -0.1) is 0 Å². The normalized spacial score (nSPS) is 16.1. The first-order valence-corrected chi connectivity index (χ1v) is 5.97. The Hall–Kier alpha value is -1.34. The molecule has 0 aromatic carbocycles. The van der Waals surface area contributed by atoms with Gasteiger partial charge in [-0.1, -0.05) is 0 Å². The highest BCUT2D eigenvalue weighted by atomic mass is 16.5. The standard InChI is InChI=1S/C11H20N2O5/c1-13(4-5-18-7-8-2-3-8)11(17)12-9(6-14)10(15)16/h8-9,14H,2-7H2,1H3,(H,12,17)(H,15,16)/t9-/m1/s1. The average molecular weight is 260 g/mol. The highest BCUT2D eigenvalue weighted by Gasteiger charge is 2.22. The summed E-state index contributed by atoms with van der Waals surface area (Å²) >= 11 is 0. The number of aliphatic hydroxyl groups is 1. The average Bonchev–Trinajstić information content (AvgIpc) is 3.14. The maximum absolute atomic E-state index is 11.5. The van der Waals surface area contributed by atoms with Crippen molar-refractivity contribution in [1.29, 1.82) is 0 Å². The SMILES string of the molecule is CN(CCOCC1CC1)C(=O)N[C@H](CO)C(=O)O. The summed E-state index contributed by atoms with van der Waals surface area (Å²) < 4.78 is 5.37. The van der Waals surface area contributed by atoms with E-state index in [2.05, 4.69) is 5.32 Å². The maximum atomic E-state index is 11.5. The summed E-state index contributed by atoms with van der Waals surface area (Å²) in [6.07, 6.45) is 2.43. The molecule has 0 unspecified atom stereocenters. The Balaban J connectivity index is 2.15. The van der Waals surface area contributed by atoms with Crippen molar-refractivity contribution in [3.05, 3.63) is 0 Å². The summed E-state index contributed by atoms with van der Waals surface area (Å²) in [6.45, 7) is 0.907. The summed E-state index contributed by atoms with van der Waals surface area (Å²) in [6, 6.07) is -1.81. The molecule has 1 saturated carbocycles. The van der Waals surface area contributed by atoms with Gasteiger partial charge in [-0.05, 0) is 18.8 Å². The molecule has 0 aromatic heterocycles. The molecule has 18 heavy (non-hydrogen) atoms. The van der Waals surface area contributed by atoms with E-state index in [-0.39, 0.29) is 0 Å². The van der Waals surface area contributed by atoms with Gasteiger partial charge in [-0.3, -0.25) is 0 Å². The number of nitrogens with one attached hydrogen (secondary N) is 1. The quantitative estimate of drug-likeness (QED) is 0.511. The van der Waals surface area contributed by atoms with Crippen LogP contribution in [0.5, 0.6) is 0 Å². The number of hydrogen-bond donors (Lipinski definition) is 3. The molecule has 0 radical (unpaired) electrons. The maximum Gasteiger partial charge on any atom is 0.328 e. The Bertz CT molecular complexity index is 293. The Morgan fingerprint density at radius 2 is 2.17 bits per heavy atom. The minimum Gasteiger partial charge on any atom is -0.480 e. The van der Waals surface area contributed by atoms with E-state index in [1.165, 1.54) is 17.7 Å². The molecule has 7 nitrogen and oxygen atoms in total. The molecule has 7 heteroatoms. The molecule has 0 heterocycles. The van der Waals surface area contributed by atoms with Crippen LogP contribution >= 0.6 is 0 Å². The number of ether oxygens (including phenoxy) is 1. The van der Waals surface area contributed by atoms with Crippen LogP contribution in [-0.2, 0) is 9.53 Å². The van der Waals surface area contributed by atoms with Crippen LogP contribution < -0.4 is 5.32 Å². The van der Waals surface area contributed by atoms with E-state index in [1.54, 1.807) is 7.05 Å². The fourth-order valence-electron chi connectivity index (χ4n) is 1.28. The minimum absolute atomic E-state index is 0.385. The predicted octanol–water partition coefficient (Wildman–Crippen LogP) is -0.500. The predicted molar refractivity (Wildman–Crippen MR) is 63.2 cm³/mol. The zero-order valence-corrected chi connectivity index (χ0v) is 10.5. The van der Waals surface area contributed by atoms with Gasteiger partial charge in [0.25, 0.3) is 0 Å². The van der Waals surface area contributed by atoms with Crippen molar-refractivity contribution in [1.82, 2.24) is 10.2 Å². The van der Waals surface area contributed by atoms with Crippen molar-refractivity contribution < 1.29 is 24.5 Å². The number of carbonyl (C=O) groups is 2. The Kier molecular flexibility index (Phi) is 5.87. The third-order valence-corrected chi connectivity index (χ3v) is 2.75. The lowest BCUT2D eigenvalue weighted by molar-refractivity contribution is -0.140. The van der Waals surface area contributed by atoms with Crippen LogP contribution in [0.1, 0.15) is 12.8 Å². The topological polar surface area (TPSA) is 99.1 Å². The molecule has 3 N–H and O–H groups in total. The van der Waals surface area contributed by atoms with Gasteiger partial charge in [0, 0.05) is 20.2 Å². The van der Waals surface area contributed by atoms with Crippen LogP contribution in [0.25, 0.3) is 0 Å². The fraction of sp³-hybridized carbons (Fsp3) is 0.818. The van der Waals surface area contributed by atoms with Gasteiger partial charge in [0.1, 0.15) is 0 Å². The van der Waals surface area contributed by atoms with E-state index >= 15 is 0 Å². The lowest BCUT2D eigenvalue weighted by atomic mass is 10.3. The van der Waals surface area contributed by atoms with Crippen LogP contribution in [0.2, 0.25) is 0 Å². The second-order valence-corrected chi connectivity index (χ2v) is 4.46. The molecule has 0 aromatic rings. The number of aliphatic hydroxyl groups excluding tert-OH is 1. The van der Waals surface area contributed by atoms with Crippen LogP contribution in [0.15, 0.2) is 0 Å². The number of carboxylic acid groups (broad SMARTS) is 1. The molecule has 2 amide bonds. The third kappa shape index (κ3) is 5.33. The zero-order valence-electron chi connectivity index (χ0n) is 10.5. The number of urea groups is 1. The molecule has 0 spiro atoms. The molecule has 1 atom stereocenters. The van der Waals surface area contributed by atoms with Gasteiger partial charge < -0.3 is 25.2 Å². The number of rotatable bonds is 8. The van der Waals surface area contributed by atoms with E-state index in [0.29, 0.717) is 19.1 Å². The number of likely N-dealkylation sites (N-methyl/N-ethyl adjacent to an activating group) is 1. The van der Waals surface area contributed by atoms with E-state index in [9.17, 15) is 9.59 Å². The van der Waals surface area contributed by atoms with Crippen molar-refractivity contribution in [2.24, 2.45) is 5.92 Å². The van der Waals surface area contributed by atoms with Crippen molar-refractivity contribution in [2.75, 3.05) is 33.4 Å². The van der Waals surface area contributed by atoms with Crippen molar-refractivity contribution in [2.45, 2.75) is 18.9 Å². The lowest BCUT2D eigenvalue weighted by Crippen LogP contribution is -2.49. The minimum atomic E-state index is -1.27.